The average Bonchev–Trinajstić information content (AvgIpc) is 2.44. The lowest BCUT2D eigenvalue weighted by Crippen LogP contribution is -2.43. The molecule has 0 bridgehead atoms. The van der Waals surface area contributed by atoms with Crippen LogP contribution in [0.4, 0.5) is 5.69 Å². The monoisotopic (exact) mass is 300 g/mol. The van der Waals surface area contributed by atoms with Crippen molar-refractivity contribution in [2.75, 3.05) is 19.0 Å². The summed E-state index contributed by atoms with van der Waals surface area (Å²) >= 11 is 0. The fraction of sp³-hybridized carbons (Fsp3) is 0.417. The van der Waals surface area contributed by atoms with Gasteiger partial charge in [-0.15, -0.1) is 0 Å². The third-order valence-corrected chi connectivity index (χ3v) is 4.29. The van der Waals surface area contributed by atoms with Crippen LogP contribution in [0.5, 0.6) is 0 Å². The standard InChI is InChI=1S/C12H20N4O3S/c1-12(2,11(17)14-3)8-15-20(18,19)10-6-4-9(16-13)5-7-10/h4-7,15-16H,8,13H2,1-3H3,(H,14,17). The number of anilines is 1. The van der Waals surface area contributed by atoms with Crippen LogP contribution in [0.2, 0.25) is 0 Å². The number of hydrogen-bond donors (Lipinski definition) is 4. The SMILES string of the molecule is CNC(=O)C(C)(C)CNS(=O)(=O)c1ccc(NN)cc1. The maximum absolute atomic E-state index is 12.1. The summed E-state index contributed by atoms with van der Waals surface area (Å²) in [5.41, 5.74) is 2.19. The lowest BCUT2D eigenvalue weighted by Gasteiger charge is -2.22. The first-order valence-corrected chi connectivity index (χ1v) is 7.50. The van der Waals surface area contributed by atoms with Gasteiger partial charge in [0.05, 0.1) is 10.3 Å². The van der Waals surface area contributed by atoms with Gasteiger partial charge >= 0.3 is 0 Å². The molecule has 0 heterocycles. The van der Waals surface area contributed by atoms with Crippen molar-refractivity contribution in [2.24, 2.45) is 11.3 Å². The van der Waals surface area contributed by atoms with Gasteiger partial charge < -0.3 is 10.7 Å². The Balaban J connectivity index is 2.82. The van der Waals surface area contributed by atoms with E-state index in [1.807, 2.05) is 0 Å². The van der Waals surface area contributed by atoms with Crippen LogP contribution in [0.1, 0.15) is 13.8 Å². The predicted octanol–water partition coefficient (Wildman–Crippen LogP) is 0.0227. The minimum absolute atomic E-state index is 0.00585. The van der Waals surface area contributed by atoms with Gasteiger partial charge in [0.2, 0.25) is 15.9 Å². The van der Waals surface area contributed by atoms with Gasteiger partial charge in [-0.1, -0.05) is 0 Å². The van der Waals surface area contributed by atoms with Crippen molar-refractivity contribution in [3.63, 3.8) is 0 Å². The maximum Gasteiger partial charge on any atom is 0.240 e. The van der Waals surface area contributed by atoms with Gasteiger partial charge in [-0.3, -0.25) is 10.6 Å². The normalized spacial score (nSPS) is 12.0. The second kappa shape index (κ2) is 6.21. The largest absolute Gasteiger partial charge is 0.359 e. The number of benzene rings is 1. The number of carbonyl (C=O) groups is 1. The van der Waals surface area contributed by atoms with Crippen molar-refractivity contribution in [3.05, 3.63) is 24.3 Å². The number of nitrogen functional groups attached to an aromatic ring is 1. The number of sulfonamides is 1. The summed E-state index contributed by atoms with van der Waals surface area (Å²) in [6.45, 7) is 3.33. The van der Waals surface area contributed by atoms with Gasteiger partial charge in [0, 0.05) is 19.3 Å². The molecule has 0 aliphatic rings. The molecule has 0 aliphatic carbocycles. The molecule has 1 amide bonds. The van der Waals surface area contributed by atoms with E-state index in [9.17, 15) is 13.2 Å². The lowest BCUT2D eigenvalue weighted by molar-refractivity contribution is -0.128. The summed E-state index contributed by atoms with van der Waals surface area (Å²) in [7, 11) is -2.15. The lowest BCUT2D eigenvalue weighted by atomic mass is 9.93. The molecule has 20 heavy (non-hydrogen) atoms. The van der Waals surface area contributed by atoms with Crippen LogP contribution in [-0.4, -0.2) is 27.9 Å². The minimum atomic E-state index is -3.66. The highest BCUT2D eigenvalue weighted by molar-refractivity contribution is 7.89. The number of hydrogen-bond acceptors (Lipinski definition) is 5. The van der Waals surface area contributed by atoms with Gasteiger partial charge in [-0.2, -0.15) is 0 Å². The third kappa shape index (κ3) is 3.92. The zero-order valence-electron chi connectivity index (χ0n) is 11.7. The number of carbonyl (C=O) groups excluding carboxylic acids is 1. The Bertz CT molecular complexity index is 567. The molecular weight excluding hydrogens is 280 g/mol. The first-order valence-electron chi connectivity index (χ1n) is 6.01. The molecule has 0 unspecified atom stereocenters. The maximum atomic E-state index is 12.1. The van der Waals surface area contributed by atoms with E-state index in [1.54, 1.807) is 26.0 Å². The number of nitrogens with two attached hydrogens (primary N) is 1. The Hall–Kier alpha value is -1.64. The molecule has 0 aliphatic heterocycles. The van der Waals surface area contributed by atoms with Crippen molar-refractivity contribution < 1.29 is 13.2 Å². The molecule has 5 N–H and O–H groups in total. The summed E-state index contributed by atoms with van der Waals surface area (Å²) in [6.07, 6.45) is 0. The van der Waals surface area contributed by atoms with E-state index < -0.39 is 15.4 Å². The molecule has 0 atom stereocenters. The Morgan fingerprint density at radius 2 is 1.80 bits per heavy atom. The second-order valence-electron chi connectivity index (χ2n) is 4.96. The summed E-state index contributed by atoms with van der Waals surface area (Å²) < 4.78 is 26.6. The Morgan fingerprint density at radius 1 is 1.25 bits per heavy atom. The summed E-state index contributed by atoms with van der Waals surface area (Å²) in [6, 6.07) is 5.98. The second-order valence-corrected chi connectivity index (χ2v) is 6.72. The van der Waals surface area contributed by atoms with E-state index in [4.69, 9.17) is 5.84 Å². The van der Waals surface area contributed by atoms with Gasteiger partial charge in [-0.25, -0.2) is 13.1 Å². The average molecular weight is 300 g/mol. The van der Waals surface area contributed by atoms with Crippen LogP contribution in [-0.2, 0) is 14.8 Å². The molecule has 8 heteroatoms. The topological polar surface area (TPSA) is 113 Å². The van der Waals surface area contributed by atoms with Crippen LogP contribution in [0.15, 0.2) is 29.2 Å². The molecule has 112 valence electrons. The number of hydrazine groups is 1. The molecule has 1 rings (SSSR count). The highest BCUT2D eigenvalue weighted by atomic mass is 32.2. The number of amides is 1. The zero-order valence-corrected chi connectivity index (χ0v) is 12.5. The smallest absolute Gasteiger partial charge is 0.240 e. The highest BCUT2D eigenvalue weighted by Gasteiger charge is 2.28. The molecule has 1 aromatic carbocycles. The van der Waals surface area contributed by atoms with E-state index in [1.165, 1.54) is 19.2 Å². The molecule has 1 aromatic rings. The highest BCUT2D eigenvalue weighted by Crippen LogP contribution is 2.17. The third-order valence-electron chi connectivity index (χ3n) is 2.88. The Labute approximate surface area is 119 Å². The quantitative estimate of drug-likeness (QED) is 0.437. The molecule has 0 saturated carbocycles. The van der Waals surface area contributed by atoms with E-state index in [2.05, 4.69) is 15.5 Å². The van der Waals surface area contributed by atoms with Crippen LogP contribution in [0, 0.1) is 5.41 Å². The van der Waals surface area contributed by atoms with Gasteiger partial charge in [0.25, 0.3) is 0 Å². The molecular formula is C12H20N4O3S. The summed E-state index contributed by atoms with van der Waals surface area (Å²) in [5, 5.41) is 2.50. The predicted molar refractivity (Wildman–Crippen MR) is 77.3 cm³/mol. The van der Waals surface area contributed by atoms with Crippen LogP contribution < -0.4 is 21.3 Å². The van der Waals surface area contributed by atoms with Crippen molar-refractivity contribution in [3.8, 4) is 0 Å². The number of rotatable bonds is 6. The van der Waals surface area contributed by atoms with Crippen molar-refractivity contribution in [1.29, 1.82) is 0 Å². The fourth-order valence-electron chi connectivity index (χ4n) is 1.51. The van der Waals surface area contributed by atoms with Gasteiger partial charge in [0.15, 0.2) is 0 Å². The van der Waals surface area contributed by atoms with Crippen LogP contribution >= 0.6 is 0 Å². The minimum Gasteiger partial charge on any atom is -0.359 e. The number of nitrogens with one attached hydrogen (secondary N) is 3. The molecule has 0 spiro atoms. The first kappa shape index (κ1) is 16.4. The molecule has 0 radical (unpaired) electrons. The van der Waals surface area contributed by atoms with Gasteiger partial charge in [0.1, 0.15) is 0 Å². The van der Waals surface area contributed by atoms with E-state index in [-0.39, 0.29) is 17.3 Å². The summed E-state index contributed by atoms with van der Waals surface area (Å²) in [5.74, 6) is 4.98. The zero-order chi connectivity index (χ0) is 15.4. The Morgan fingerprint density at radius 3 is 2.25 bits per heavy atom. The van der Waals surface area contributed by atoms with Crippen molar-refractivity contribution >= 4 is 21.6 Å². The molecule has 0 saturated heterocycles. The molecule has 0 fully saturated rings. The molecule has 7 nitrogen and oxygen atoms in total. The van der Waals surface area contributed by atoms with Crippen molar-refractivity contribution in [2.45, 2.75) is 18.7 Å². The van der Waals surface area contributed by atoms with E-state index in [0.717, 1.165) is 0 Å². The van der Waals surface area contributed by atoms with Crippen molar-refractivity contribution in [1.82, 2.24) is 10.0 Å². The first-order chi connectivity index (χ1) is 9.23. The van der Waals surface area contributed by atoms with E-state index >= 15 is 0 Å². The van der Waals surface area contributed by atoms with Gasteiger partial charge in [-0.05, 0) is 38.1 Å². The fourth-order valence-corrected chi connectivity index (χ4v) is 2.72. The summed E-state index contributed by atoms with van der Waals surface area (Å²) in [4.78, 5) is 11.7. The van der Waals surface area contributed by atoms with E-state index in [0.29, 0.717) is 5.69 Å². The van der Waals surface area contributed by atoms with Crippen LogP contribution in [0.25, 0.3) is 0 Å². The van der Waals surface area contributed by atoms with Crippen LogP contribution in [0.3, 0.4) is 0 Å². The molecule has 0 aromatic heterocycles. The Kier molecular flexibility index (Phi) is 5.09.